The molecule has 0 aliphatic carbocycles. The highest BCUT2D eigenvalue weighted by atomic mass is 16.5. The number of carbonyl (C=O) groups excluding carboxylic acids is 3. The molecule has 1 heterocycles. The molecule has 0 radical (unpaired) electrons. The van der Waals surface area contributed by atoms with E-state index in [0.717, 1.165) is 16.9 Å². The van der Waals surface area contributed by atoms with Crippen LogP contribution < -0.4 is 15.0 Å². The lowest BCUT2D eigenvalue weighted by Crippen LogP contribution is -2.54. The third kappa shape index (κ3) is 4.50. The molecule has 2 aromatic carbocycles. The molecule has 1 fully saturated rings. The van der Waals surface area contributed by atoms with Gasteiger partial charge in [0.05, 0.1) is 12.3 Å². The molecule has 7 heteroatoms. The minimum Gasteiger partial charge on any atom is -0.504 e. The number of anilines is 1. The summed E-state index contributed by atoms with van der Waals surface area (Å²) in [7, 11) is 0. The predicted octanol–water partition coefficient (Wildman–Crippen LogP) is 3.75. The normalized spacial score (nSPS) is 15.2. The fraction of sp³-hybridized carbons (Fsp3) is 0.208. The zero-order chi connectivity index (χ0) is 22.5. The maximum atomic E-state index is 13.1. The number of imide groups is 2. The van der Waals surface area contributed by atoms with Crippen molar-refractivity contribution in [1.82, 2.24) is 5.32 Å². The highest BCUT2D eigenvalue weighted by Gasteiger charge is 2.36. The lowest BCUT2D eigenvalue weighted by molar-refractivity contribution is -0.122. The van der Waals surface area contributed by atoms with Gasteiger partial charge in [-0.1, -0.05) is 25.1 Å². The Balaban J connectivity index is 2.04. The lowest BCUT2D eigenvalue weighted by atomic mass is 10.0. The quantitative estimate of drug-likeness (QED) is 0.404. The van der Waals surface area contributed by atoms with Crippen molar-refractivity contribution in [2.75, 3.05) is 11.5 Å². The summed E-state index contributed by atoms with van der Waals surface area (Å²) in [5.74, 6) is -1.29. The summed E-state index contributed by atoms with van der Waals surface area (Å²) in [6.45, 7) is 7.79. The van der Waals surface area contributed by atoms with Crippen molar-refractivity contribution < 1.29 is 24.2 Å². The van der Waals surface area contributed by atoms with Gasteiger partial charge in [-0.15, -0.1) is 6.58 Å². The number of phenolic OH excluding ortho intramolecular Hbond substituents is 1. The van der Waals surface area contributed by atoms with E-state index in [2.05, 4.69) is 11.9 Å². The summed E-state index contributed by atoms with van der Waals surface area (Å²) in [5.41, 5.74) is 2.25. The topological polar surface area (TPSA) is 95.9 Å². The number of phenols is 1. The summed E-state index contributed by atoms with van der Waals surface area (Å²) in [5, 5.41) is 12.6. The van der Waals surface area contributed by atoms with Crippen LogP contribution in [0.25, 0.3) is 6.08 Å². The Hall–Kier alpha value is -3.87. The monoisotopic (exact) mass is 420 g/mol. The molecule has 1 aliphatic heterocycles. The minimum absolute atomic E-state index is 0.0175. The van der Waals surface area contributed by atoms with Crippen molar-refractivity contribution >= 4 is 29.6 Å². The second-order valence-corrected chi connectivity index (χ2v) is 6.93. The first-order valence-corrected chi connectivity index (χ1v) is 9.99. The number of allylic oxidation sites excluding steroid dienone is 1. The average Bonchev–Trinajstić information content (AvgIpc) is 2.75. The molecule has 0 saturated carbocycles. The van der Waals surface area contributed by atoms with Crippen LogP contribution in [0.2, 0.25) is 0 Å². The fourth-order valence-electron chi connectivity index (χ4n) is 3.29. The first-order chi connectivity index (χ1) is 14.9. The summed E-state index contributed by atoms with van der Waals surface area (Å²) in [6.07, 6.45) is 4.20. The number of hydrogen-bond donors (Lipinski definition) is 2. The summed E-state index contributed by atoms with van der Waals surface area (Å²) >= 11 is 0. The van der Waals surface area contributed by atoms with Crippen LogP contribution in [0.5, 0.6) is 11.5 Å². The first-order valence-electron chi connectivity index (χ1n) is 9.99. The Kier molecular flexibility index (Phi) is 6.55. The van der Waals surface area contributed by atoms with Gasteiger partial charge in [0.2, 0.25) is 0 Å². The van der Waals surface area contributed by atoms with Crippen LogP contribution in [-0.2, 0) is 22.4 Å². The average molecular weight is 420 g/mol. The minimum atomic E-state index is -0.801. The predicted molar refractivity (Wildman–Crippen MR) is 118 cm³/mol. The molecule has 7 nitrogen and oxygen atoms in total. The molecular weight excluding hydrogens is 396 g/mol. The zero-order valence-electron chi connectivity index (χ0n) is 17.5. The lowest BCUT2D eigenvalue weighted by Gasteiger charge is -2.26. The smallest absolute Gasteiger partial charge is 0.335 e. The fourth-order valence-corrected chi connectivity index (χ4v) is 3.29. The second kappa shape index (κ2) is 9.30. The number of carbonyl (C=O) groups is 3. The zero-order valence-corrected chi connectivity index (χ0v) is 17.5. The van der Waals surface area contributed by atoms with Crippen molar-refractivity contribution in [3.63, 3.8) is 0 Å². The molecule has 0 bridgehead atoms. The Bertz CT molecular complexity index is 1070. The highest BCUT2D eigenvalue weighted by Crippen LogP contribution is 2.33. The molecular formula is C24H24N2O5. The van der Waals surface area contributed by atoms with E-state index >= 15 is 0 Å². The van der Waals surface area contributed by atoms with Gasteiger partial charge in [0.15, 0.2) is 11.5 Å². The molecule has 0 spiro atoms. The Morgan fingerprint density at radius 3 is 2.45 bits per heavy atom. The number of rotatable bonds is 7. The van der Waals surface area contributed by atoms with Crippen LogP contribution >= 0.6 is 0 Å². The summed E-state index contributed by atoms with van der Waals surface area (Å²) in [6, 6.07) is 9.36. The Labute approximate surface area is 180 Å². The van der Waals surface area contributed by atoms with Gasteiger partial charge in [-0.05, 0) is 61.2 Å². The van der Waals surface area contributed by atoms with Crippen LogP contribution in [0.4, 0.5) is 10.5 Å². The van der Waals surface area contributed by atoms with Crippen molar-refractivity contribution in [3.05, 3.63) is 71.3 Å². The van der Waals surface area contributed by atoms with Crippen LogP contribution in [0.3, 0.4) is 0 Å². The van der Waals surface area contributed by atoms with Crippen molar-refractivity contribution in [2.24, 2.45) is 0 Å². The van der Waals surface area contributed by atoms with E-state index in [1.54, 1.807) is 31.2 Å². The molecule has 1 aliphatic rings. The van der Waals surface area contributed by atoms with Gasteiger partial charge >= 0.3 is 6.03 Å². The van der Waals surface area contributed by atoms with Crippen LogP contribution in [0.1, 0.15) is 30.5 Å². The van der Waals surface area contributed by atoms with Crippen molar-refractivity contribution in [1.29, 1.82) is 0 Å². The number of aryl methyl sites for hydroxylation is 1. The molecule has 0 atom stereocenters. The molecule has 1 saturated heterocycles. The highest BCUT2D eigenvalue weighted by molar-refractivity contribution is 6.39. The van der Waals surface area contributed by atoms with E-state index in [-0.39, 0.29) is 17.1 Å². The van der Waals surface area contributed by atoms with E-state index in [0.29, 0.717) is 29.8 Å². The number of urea groups is 1. The van der Waals surface area contributed by atoms with Gasteiger partial charge in [0.1, 0.15) is 5.57 Å². The SMILES string of the molecule is C=CCc1cc(C=C2C(=O)NC(=O)N(c3ccc(CC)cc3)C2=O)cc(OCC)c1O. The molecule has 0 aromatic heterocycles. The van der Waals surface area contributed by atoms with Crippen LogP contribution in [-0.4, -0.2) is 29.6 Å². The standard InChI is InChI=1S/C24H24N2O5/c1-4-7-17-12-16(14-20(21(17)27)31-6-3)13-19-22(28)25-24(30)26(23(19)29)18-10-8-15(5-2)9-11-18/h4,8-14,27H,1,5-7H2,2-3H3,(H,25,28,30). The molecule has 2 N–H and O–H groups in total. The Morgan fingerprint density at radius 2 is 1.84 bits per heavy atom. The van der Waals surface area contributed by atoms with Crippen LogP contribution in [0, 0.1) is 0 Å². The number of aromatic hydroxyl groups is 1. The Morgan fingerprint density at radius 1 is 1.13 bits per heavy atom. The third-order valence-electron chi connectivity index (χ3n) is 4.86. The molecule has 3 rings (SSSR count). The number of nitrogens with zero attached hydrogens (tertiary/aromatic N) is 1. The number of barbiturate groups is 1. The van der Waals surface area contributed by atoms with Gasteiger partial charge < -0.3 is 9.84 Å². The first kappa shape index (κ1) is 21.8. The van der Waals surface area contributed by atoms with E-state index in [9.17, 15) is 19.5 Å². The molecule has 160 valence electrons. The summed E-state index contributed by atoms with van der Waals surface area (Å²) < 4.78 is 5.47. The van der Waals surface area contributed by atoms with Gasteiger partial charge in [-0.25, -0.2) is 9.69 Å². The van der Waals surface area contributed by atoms with Gasteiger partial charge in [0.25, 0.3) is 11.8 Å². The number of nitrogens with one attached hydrogen (secondary N) is 1. The largest absolute Gasteiger partial charge is 0.504 e. The number of hydrogen-bond acceptors (Lipinski definition) is 5. The van der Waals surface area contributed by atoms with E-state index in [1.807, 2.05) is 19.1 Å². The van der Waals surface area contributed by atoms with Gasteiger partial charge in [-0.3, -0.25) is 14.9 Å². The van der Waals surface area contributed by atoms with Crippen molar-refractivity contribution in [3.8, 4) is 11.5 Å². The molecule has 4 amide bonds. The van der Waals surface area contributed by atoms with E-state index in [4.69, 9.17) is 4.74 Å². The van der Waals surface area contributed by atoms with Crippen LogP contribution in [0.15, 0.2) is 54.6 Å². The second-order valence-electron chi connectivity index (χ2n) is 6.93. The van der Waals surface area contributed by atoms with E-state index in [1.165, 1.54) is 12.1 Å². The van der Waals surface area contributed by atoms with Gasteiger partial charge in [-0.2, -0.15) is 0 Å². The maximum absolute atomic E-state index is 13.1. The number of benzene rings is 2. The van der Waals surface area contributed by atoms with Gasteiger partial charge in [0, 0.05) is 5.56 Å². The number of ether oxygens (including phenoxy) is 1. The van der Waals surface area contributed by atoms with Crippen molar-refractivity contribution in [2.45, 2.75) is 26.7 Å². The maximum Gasteiger partial charge on any atom is 0.335 e. The molecule has 31 heavy (non-hydrogen) atoms. The summed E-state index contributed by atoms with van der Waals surface area (Å²) in [4.78, 5) is 38.8. The number of amides is 4. The third-order valence-corrected chi connectivity index (χ3v) is 4.86. The molecule has 2 aromatic rings. The molecule has 0 unspecified atom stereocenters. The van der Waals surface area contributed by atoms with E-state index < -0.39 is 17.8 Å².